The minimum Gasteiger partial charge on any atom is -0.384 e. The SMILES string of the molecule is COCC1CCN(C(=O)C2C3CCC(C3)C2N)C1. The van der Waals surface area contributed by atoms with Gasteiger partial charge in [-0.2, -0.15) is 0 Å². The van der Waals surface area contributed by atoms with Crippen LogP contribution in [0.15, 0.2) is 0 Å². The second kappa shape index (κ2) is 4.82. The summed E-state index contributed by atoms with van der Waals surface area (Å²) in [5.41, 5.74) is 6.25. The number of carbonyl (C=O) groups is 1. The molecule has 18 heavy (non-hydrogen) atoms. The maximum absolute atomic E-state index is 12.6. The van der Waals surface area contributed by atoms with E-state index < -0.39 is 0 Å². The van der Waals surface area contributed by atoms with Gasteiger partial charge in [-0.25, -0.2) is 0 Å². The van der Waals surface area contributed by atoms with Crippen molar-refractivity contribution in [3.8, 4) is 0 Å². The van der Waals surface area contributed by atoms with Crippen LogP contribution in [0.3, 0.4) is 0 Å². The molecule has 0 spiro atoms. The van der Waals surface area contributed by atoms with Gasteiger partial charge in [0.15, 0.2) is 0 Å². The highest BCUT2D eigenvalue weighted by atomic mass is 16.5. The van der Waals surface area contributed by atoms with E-state index in [-0.39, 0.29) is 12.0 Å². The Morgan fingerprint density at radius 3 is 2.78 bits per heavy atom. The Balaban J connectivity index is 1.62. The largest absolute Gasteiger partial charge is 0.384 e. The van der Waals surface area contributed by atoms with E-state index in [1.54, 1.807) is 7.11 Å². The number of nitrogens with two attached hydrogens (primary N) is 1. The molecule has 0 aromatic rings. The van der Waals surface area contributed by atoms with Crippen LogP contribution < -0.4 is 5.73 Å². The number of hydrogen-bond acceptors (Lipinski definition) is 3. The normalized spacial score (nSPS) is 42.8. The zero-order valence-electron chi connectivity index (χ0n) is 11.2. The van der Waals surface area contributed by atoms with E-state index in [4.69, 9.17) is 10.5 Å². The maximum atomic E-state index is 12.6. The Hall–Kier alpha value is -0.610. The molecule has 5 atom stereocenters. The van der Waals surface area contributed by atoms with Gasteiger partial charge in [0.2, 0.25) is 5.91 Å². The molecule has 4 heteroatoms. The van der Waals surface area contributed by atoms with Crippen LogP contribution >= 0.6 is 0 Å². The molecule has 1 aliphatic heterocycles. The molecule has 5 unspecified atom stereocenters. The number of amides is 1. The van der Waals surface area contributed by atoms with Crippen LogP contribution in [0.2, 0.25) is 0 Å². The predicted molar refractivity (Wildman–Crippen MR) is 68.9 cm³/mol. The van der Waals surface area contributed by atoms with Gasteiger partial charge >= 0.3 is 0 Å². The first kappa shape index (κ1) is 12.4. The van der Waals surface area contributed by atoms with E-state index in [1.165, 1.54) is 19.3 Å². The summed E-state index contributed by atoms with van der Waals surface area (Å²) in [5, 5.41) is 0. The van der Waals surface area contributed by atoms with E-state index in [2.05, 4.69) is 0 Å². The lowest BCUT2D eigenvalue weighted by Crippen LogP contribution is -2.46. The van der Waals surface area contributed by atoms with E-state index in [9.17, 15) is 4.79 Å². The molecule has 0 radical (unpaired) electrons. The van der Waals surface area contributed by atoms with E-state index in [1.807, 2.05) is 4.90 Å². The Labute approximate surface area is 109 Å². The van der Waals surface area contributed by atoms with Crippen LogP contribution in [0.4, 0.5) is 0 Å². The number of hydrogen-bond donors (Lipinski definition) is 1. The molecule has 0 aromatic heterocycles. The molecule has 2 N–H and O–H groups in total. The van der Waals surface area contributed by atoms with Gasteiger partial charge in [0, 0.05) is 32.2 Å². The maximum Gasteiger partial charge on any atom is 0.227 e. The third-order valence-electron chi connectivity index (χ3n) is 5.27. The molecule has 4 nitrogen and oxygen atoms in total. The number of methoxy groups -OCH3 is 1. The number of rotatable bonds is 3. The van der Waals surface area contributed by atoms with Crippen molar-refractivity contribution < 1.29 is 9.53 Å². The average Bonchev–Trinajstić information content (AvgIpc) is 3.03. The highest BCUT2D eigenvalue weighted by molar-refractivity contribution is 5.80. The number of ether oxygens (including phenoxy) is 1. The third-order valence-corrected chi connectivity index (χ3v) is 5.27. The molecule has 1 amide bonds. The molecule has 3 fully saturated rings. The first-order valence-electron chi connectivity index (χ1n) is 7.24. The van der Waals surface area contributed by atoms with Crippen molar-refractivity contribution in [2.24, 2.45) is 29.4 Å². The van der Waals surface area contributed by atoms with E-state index >= 15 is 0 Å². The highest BCUT2D eigenvalue weighted by Gasteiger charge is 2.50. The molecular weight excluding hydrogens is 228 g/mol. The quantitative estimate of drug-likeness (QED) is 0.810. The standard InChI is InChI=1S/C14H24N2O2/c1-18-8-9-4-5-16(7-9)14(17)12-10-2-3-11(6-10)13(12)15/h9-13H,2-8,15H2,1H3. The van der Waals surface area contributed by atoms with Gasteiger partial charge in [-0.05, 0) is 37.5 Å². The van der Waals surface area contributed by atoms with Crippen LogP contribution in [0.25, 0.3) is 0 Å². The minimum atomic E-state index is 0.116. The van der Waals surface area contributed by atoms with Crippen LogP contribution in [-0.4, -0.2) is 43.7 Å². The monoisotopic (exact) mass is 252 g/mol. The highest BCUT2D eigenvalue weighted by Crippen LogP contribution is 2.48. The average molecular weight is 252 g/mol. The summed E-state index contributed by atoms with van der Waals surface area (Å²) in [6, 6.07) is 0.123. The first-order chi connectivity index (χ1) is 8.70. The van der Waals surface area contributed by atoms with Crippen molar-refractivity contribution in [3.63, 3.8) is 0 Å². The molecule has 2 bridgehead atoms. The fourth-order valence-corrected chi connectivity index (χ4v) is 4.32. The van der Waals surface area contributed by atoms with Crippen molar-refractivity contribution >= 4 is 5.91 Å². The fourth-order valence-electron chi connectivity index (χ4n) is 4.32. The Morgan fingerprint density at radius 1 is 1.33 bits per heavy atom. The Bertz CT molecular complexity index is 332. The minimum absolute atomic E-state index is 0.116. The van der Waals surface area contributed by atoms with Gasteiger partial charge in [0.25, 0.3) is 0 Å². The fraction of sp³-hybridized carbons (Fsp3) is 0.929. The zero-order valence-corrected chi connectivity index (χ0v) is 11.2. The van der Waals surface area contributed by atoms with Crippen LogP contribution in [0.5, 0.6) is 0 Å². The number of carbonyl (C=O) groups excluding carboxylic acids is 1. The summed E-state index contributed by atoms with van der Waals surface area (Å²) < 4.78 is 5.19. The van der Waals surface area contributed by atoms with Crippen molar-refractivity contribution in [2.45, 2.75) is 31.7 Å². The smallest absolute Gasteiger partial charge is 0.227 e. The summed E-state index contributed by atoms with van der Waals surface area (Å²) in [5.74, 6) is 2.15. The lowest BCUT2D eigenvalue weighted by molar-refractivity contribution is -0.136. The summed E-state index contributed by atoms with van der Waals surface area (Å²) in [6.07, 6.45) is 4.72. The molecule has 102 valence electrons. The Morgan fingerprint density at radius 2 is 2.11 bits per heavy atom. The third kappa shape index (κ3) is 1.95. The lowest BCUT2D eigenvalue weighted by Gasteiger charge is -2.30. The molecule has 3 aliphatic rings. The molecule has 0 aromatic carbocycles. The van der Waals surface area contributed by atoms with Crippen molar-refractivity contribution in [1.82, 2.24) is 4.90 Å². The summed E-state index contributed by atoms with van der Waals surface area (Å²) in [6.45, 7) is 2.54. The summed E-state index contributed by atoms with van der Waals surface area (Å²) >= 11 is 0. The molecule has 2 saturated carbocycles. The zero-order chi connectivity index (χ0) is 12.7. The van der Waals surface area contributed by atoms with Crippen LogP contribution in [0, 0.1) is 23.7 Å². The summed E-state index contributed by atoms with van der Waals surface area (Å²) in [4.78, 5) is 14.6. The molecule has 2 aliphatic carbocycles. The predicted octanol–water partition coefficient (Wildman–Crippen LogP) is 0.855. The van der Waals surface area contributed by atoms with Gasteiger partial charge in [-0.1, -0.05) is 0 Å². The van der Waals surface area contributed by atoms with Crippen molar-refractivity contribution in [3.05, 3.63) is 0 Å². The van der Waals surface area contributed by atoms with Gasteiger partial charge in [-0.15, -0.1) is 0 Å². The topological polar surface area (TPSA) is 55.6 Å². The number of fused-ring (bicyclic) bond motifs is 2. The Kier molecular flexibility index (Phi) is 3.32. The second-order valence-electron chi connectivity index (χ2n) is 6.33. The molecule has 1 saturated heterocycles. The van der Waals surface area contributed by atoms with Crippen molar-refractivity contribution in [1.29, 1.82) is 0 Å². The van der Waals surface area contributed by atoms with Gasteiger partial charge in [-0.3, -0.25) is 4.79 Å². The summed E-state index contributed by atoms with van der Waals surface area (Å²) in [7, 11) is 1.73. The number of nitrogens with zero attached hydrogens (tertiary/aromatic N) is 1. The van der Waals surface area contributed by atoms with Gasteiger partial charge in [0.1, 0.15) is 0 Å². The van der Waals surface area contributed by atoms with E-state index in [0.717, 1.165) is 26.1 Å². The first-order valence-corrected chi connectivity index (χ1v) is 7.24. The van der Waals surface area contributed by atoms with Crippen LogP contribution in [0.1, 0.15) is 25.7 Å². The number of likely N-dealkylation sites (tertiary alicyclic amines) is 1. The van der Waals surface area contributed by atoms with Crippen molar-refractivity contribution in [2.75, 3.05) is 26.8 Å². The van der Waals surface area contributed by atoms with Gasteiger partial charge < -0.3 is 15.4 Å². The molecular formula is C14H24N2O2. The second-order valence-corrected chi connectivity index (χ2v) is 6.33. The molecule has 1 heterocycles. The lowest BCUT2D eigenvalue weighted by atomic mass is 9.84. The van der Waals surface area contributed by atoms with Gasteiger partial charge in [0.05, 0.1) is 12.5 Å². The van der Waals surface area contributed by atoms with Crippen LogP contribution in [-0.2, 0) is 9.53 Å². The van der Waals surface area contributed by atoms with E-state index in [0.29, 0.717) is 23.7 Å². The molecule has 3 rings (SSSR count).